The van der Waals surface area contributed by atoms with Crippen LogP contribution in [-0.2, 0) is 6.54 Å². The van der Waals surface area contributed by atoms with Crippen LogP contribution in [-0.4, -0.2) is 30.2 Å². The third-order valence-corrected chi connectivity index (χ3v) is 2.65. The molecule has 1 aromatic heterocycles. The minimum atomic E-state index is 0.174. The van der Waals surface area contributed by atoms with Gasteiger partial charge in [-0.2, -0.15) is 5.26 Å². The fourth-order valence-electron chi connectivity index (χ4n) is 1.04. The third kappa shape index (κ3) is 3.15. The summed E-state index contributed by atoms with van der Waals surface area (Å²) in [7, 11) is 1.95. The van der Waals surface area contributed by atoms with Crippen molar-refractivity contribution in [3.63, 3.8) is 0 Å². The van der Waals surface area contributed by atoms with Crippen molar-refractivity contribution in [3.8, 4) is 6.07 Å². The molecule has 0 saturated carbocycles. The van der Waals surface area contributed by atoms with Gasteiger partial charge in [-0.05, 0) is 19.2 Å². The van der Waals surface area contributed by atoms with Gasteiger partial charge in [0.05, 0.1) is 6.61 Å². The Morgan fingerprint density at radius 1 is 1.62 bits per heavy atom. The van der Waals surface area contributed by atoms with E-state index in [0.717, 1.165) is 16.3 Å². The summed E-state index contributed by atoms with van der Waals surface area (Å²) in [5, 5.41) is 17.3. The van der Waals surface area contributed by atoms with Crippen LogP contribution in [0.1, 0.15) is 9.75 Å². The third-order valence-electron chi connectivity index (χ3n) is 1.68. The first-order valence-electron chi connectivity index (χ1n) is 4.04. The topological polar surface area (TPSA) is 47.3 Å². The van der Waals surface area contributed by atoms with E-state index in [-0.39, 0.29) is 6.61 Å². The molecular weight excluding hydrogens is 184 g/mol. The summed E-state index contributed by atoms with van der Waals surface area (Å²) in [6.07, 6.45) is 0. The highest BCUT2D eigenvalue weighted by atomic mass is 32.1. The highest BCUT2D eigenvalue weighted by Crippen LogP contribution is 2.16. The summed E-state index contributed by atoms with van der Waals surface area (Å²) in [4.78, 5) is 3.92. The number of hydrogen-bond acceptors (Lipinski definition) is 4. The number of hydrogen-bond donors (Lipinski definition) is 1. The minimum Gasteiger partial charge on any atom is -0.395 e. The molecule has 0 aliphatic rings. The summed E-state index contributed by atoms with van der Waals surface area (Å²) in [6.45, 7) is 1.64. The molecule has 1 aromatic rings. The van der Waals surface area contributed by atoms with E-state index in [4.69, 9.17) is 10.4 Å². The van der Waals surface area contributed by atoms with E-state index in [1.54, 1.807) is 0 Å². The summed E-state index contributed by atoms with van der Waals surface area (Å²) in [6, 6.07) is 5.88. The van der Waals surface area contributed by atoms with E-state index >= 15 is 0 Å². The zero-order valence-corrected chi connectivity index (χ0v) is 8.34. The van der Waals surface area contributed by atoms with Gasteiger partial charge in [-0.15, -0.1) is 11.3 Å². The van der Waals surface area contributed by atoms with Gasteiger partial charge in [-0.25, -0.2) is 0 Å². The van der Waals surface area contributed by atoms with Crippen molar-refractivity contribution >= 4 is 11.3 Å². The predicted molar refractivity (Wildman–Crippen MR) is 52.5 cm³/mol. The van der Waals surface area contributed by atoms with E-state index in [0.29, 0.717) is 6.54 Å². The van der Waals surface area contributed by atoms with Crippen LogP contribution in [0, 0.1) is 11.3 Å². The van der Waals surface area contributed by atoms with Gasteiger partial charge >= 0.3 is 0 Å². The highest BCUT2D eigenvalue weighted by molar-refractivity contribution is 7.12. The number of rotatable bonds is 4. The molecule has 0 aromatic carbocycles. The number of likely N-dealkylation sites (N-methyl/N-ethyl adjacent to an activating group) is 1. The molecule has 0 aliphatic heterocycles. The fourth-order valence-corrected chi connectivity index (χ4v) is 1.92. The second-order valence-corrected chi connectivity index (χ2v) is 4.01. The molecule has 1 N–H and O–H groups in total. The Morgan fingerprint density at radius 3 is 2.92 bits per heavy atom. The Balaban J connectivity index is 2.50. The van der Waals surface area contributed by atoms with Crippen LogP contribution in [0.2, 0.25) is 0 Å². The molecule has 0 saturated heterocycles. The summed E-state index contributed by atoms with van der Waals surface area (Å²) in [5.41, 5.74) is 0. The van der Waals surface area contributed by atoms with Gasteiger partial charge in [-0.1, -0.05) is 0 Å². The number of aliphatic hydroxyl groups excluding tert-OH is 1. The molecule has 4 heteroatoms. The Kier molecular flexibility index (Phi) is 3.90. The molecule has 0 unspecified atom stereocenters. The van der Waals surface area contributed by atoms with Gasteiger partial charge in [0.25, 0.3) is 0 Å². The number of nitriles is 1. The lowest BCUT2D eigenvalue weighted by atomic mass is 10.4. The first-order chi connectivity index (χ1) is 6.26. The largest absolute Gasteiger partial charge is 0.395 e. The Bertz CT molecular complexity index is 303. The molecule has 0 aliphatic carbocycles. The molecule has 13 heavy (non-hydrogen) atoms. The normalized spacial score (nSPS) is 10.3. The van der Waals surface area contributed by atoms with Crippen molar-refractivity contribution in [1.29, 1.82) is 5.26 Å². The van der Waals surface area contributed by atoms with Gasteiger partial charge in [0.2, 0.25) is 0 Å². The van der Waals surface area contributed by atoms with Crippen molar-refractivity contribution in [2.45, 2.75) is 6.54 Å². The van der Waals surface area contributed by atoms with E-state index in [2.05, 4.69) is 6.07 Å². The minimum absolute atomic E-state index is 0.174. The lowest BCUT2D eigenvalue weighted by Gasteiger charge is -2.12. The van der Waals surface area contributed by atoms with Crippen molar-refractivity contribution in [2.24, 2.45) is 0 Å². The number of thiophene rings is 1. The zero-order valence-electron chi connectivity index (χ0n) is 7.53. The SMILES string of the molecule is CN(CCO)Cc1ccc(C#N)s1. The van der Waals surface area contributed by atoms with Crippen LogP contribution in [0.15, 0.2) is 12.1 Å². The molecule has 70 valence electrons. The lowest BCUT2D eigenvalue weighted by Crippen LogP contribution is -2.20. The van der Waals surface area contributed by atoms with Crippen LogP contribution < -0.4 is 0 Å². The number of nitrogens with zero attached hydrogens (tertiary/aromatic N) is 2. The lowest BCUT2D eigenvalue weighted by molar-refractivity contribution is 0.218. The van der Waals surface area contributed by atoms with Crippen LogP contribution >= 0.6 is 11.3 Å². The summed E-state index contributed by atoms with van der Waals surface area (Å²) in [5.74, 6) is 0. The molecule has 1 rings (SSSR count). The van der Waals surface area contributed by atoms with E-state index < -0.39 is 0 Å². The zero-order chi connectivity index (χ0) is 9.68. The molecule has 0 fully saturated rings. The quantitative estimate of drug-likeness (QED) is 0.782. The standard InChI is InChI=1S/C9H12N2OS/c1-11(4-5-12)7-9-3-2-8(6-10)13-9/h2-3,12H,4-5,7H2,1H3. The first-order valence-corrected chi connectivity index (χ1v) is 4.86. The Labute approximate surface area is 81.8 Å². The van der Waals surface area contributed by atoms with Crippen molar-refractivity contribution < 1.29 is 5.11 Å². The summed E-state index contributed by atoms with van der Waals surface area (Å²) >= 11 is 1.50. The maximum absolute atomic E-state index is 8.68. The maximum Gasteiger partial charge on any atom is 0.110 e. The first kappa shape index (κ1) is 10.2. The Morgan fingerprint density at radius 2 is 2.38 bits per heavy atom. The van der Waals surface area contributed by atoms with Gasteiger partial charge in [0.15, 0.2) is 0 Å². The molecule has 1 heterocycles. The van der Waals surface area contributed by atoms with Gasteiger partial charge in [0.1, 0.15) is 10.9 Å². The maximum atomic E-state index is 8.68. The highest BCUT2D eigenvalue weighted by Gasteiger charge is 2.02. The molecular formula is C9H12N2OS. The van der Waals surface area contributed by atoms with Crippen molar-refractivity contribution in [3.05, 3.63) is 21.9 Å². The van der Waals surface area contributed by atoms with Crippen LogP contribution in [0.5, 0.6) is 0 Å². The van der Waals surface area contributed by atoms with Crippen molar-refractivity contribution in [1.82, 2.24) is 4.90 Å². The second kappa shape index (κ2) is 4.97. The second-order valence-electron chi connectivity index (χ2n) is 2.84. The van der Waals surface area contributed by atoms with Crippen molar-refractivity contribution in [2.75, 3.05) is 20.2 Å². The predicted octanol–water partition coefficient (Wildman–Crippen LogP) is 1.04. The number of aliphatic hydroxyl groups is 1. The van der Waals surface area contributed by atoms with Gasteiger partial charge < -0.3 is 5.11 Å². The molecule has 0 bridgehead atoms. The Hall–Kier alpha value is -0.890. The van der Waals surface area contributed by atoms with Crippen LogP contribution in [0.4, 0.5) is 0 Å². The fraction of sp³-hybridized carbons (Fsp3) is 0.444. The molecule has 0 atom stereocenters. The van der Waals surface area contributed by atoms with Crippen LogP contribution in [0.25, 0.3) is 0 Å². The van der Waals surface area contributed by atoms with E-state index in [1.165, 1.54) is 11.3 Å². The van der Waals surface area contributed by atoms with Crippen LogP contribution in [0.3, 0.4) is 0 Å². The average Bonchev–Trinajstić information content (AvgIpc) is 2.52. The molecule has 0 radical (unpaired) electrons. The average molecular weight is 196 g/mol. The molecule has 0 spiro atoms. The monoisotopic (exact) mass is 196 g/mol. The van der Waals surface area contributed by atoms with E-state index in [9.17, 15) is 0 Å². The van der Waals surface area contributed by atoms with Gasteiger partial charge in [0, 0.05) is 18.0 Å². The molecule has 0 amide bonds. The summed E-state index contributed by atoms with van der Waals surface area (Å²) < 4.78 is 0. The molecule has 3 nitrogen and oxygen atoms in total. The van der Waals surface area contributed by atoms with E-state index in [1.807, 2.05) is 24.1 Å². The smallest absolute Gasteiger partial charge is 0.110 e. The van der Waals surface area contributed by atoms with Gasteiger partial charge in [-0.3, -0.25) is 4.90 Å².